The molecule has 3 rings (SSSR count). The van der Waals surface area contributed by atoms with E-state index in [1.807, 2.05) is 25.1 Å². The standard InChI is InChI=1S/C16H16O4/c1-9-4-7-12-13-10(9)5-6-11(15(17)19-3)14(13)20-8-16(12,2)18/h4-7,18H,8H2,1-3H3. The third-order valence-corrected chi connectivity index (χ3v) is 3.83. The van der Waals surface area contributed by atoms with E-state index in [4.69, 9.17) is 9.47 Å². The van der Waals surface area contributed by atoms with Crippen molar-refractivity contribution in [2.45, 2.75) is 19.4 Å². The van der Waals surface area contributed by atoms with Crippen molar-refractivity contribution in [3.8, 4) is 5.75 Å². The van der Waals surface area contributed by atoms with Gasteiger partial charge in [0.15, 0.2) is 0 Å². The molecule has 0 bridgehead atoms. The molecule has 1 unspecified atom stereocenters. The van der Waals surface area contributed by atoms with Gasteiger partial charge < -0.3 is 14.6 Å². The lowest BCUT2D eigenvalue weighted by atomic mass is 9.86. The molecule has 0 fully saturated rings. The molecule has 2 aromatic carbocycles. The highest BCUT2D eigenvalue weighted by atomic mass is 16.5. The van der Waals surface area contributed by atoms with Gasteiger partial charge in [0.25, 0.3) is 0 Å². The number of esters is 1. The molecule has 0 aliphatic carbocycles. The van der Waals surface area contributed by atoms with Crippen LogP contribution in [0.15, 0.2) is 24.3 Å². The largest absolute Gasteiger partial charge is 0.489 e. The van der Waals surface area contributed by atoms with E-state index in [0.717, 1.165) is 21.9 Å². The first-order valence-electron chi connectivity index (χ1n) is 6.46. The first kappa shape index (κ1) is 12.9. The summed E-state index contributed by atoms with van der Waals surface area (Å²) in [5.74, 6) is 0.0653. The second kappa shape index (κ2) is 4.21. The van der Waals surface area contributed by atoms with Crippen LogP contribution in [0.1, 0.15) is 28.4 Å². The molecular formula is C16H16O4. The van der Waals surface area contributed by atoms with Gasteiger partial charge in [0, 0.05) is 5.39 Å². The van der Waals surface area contributed by atoms with Crippen LogP contribution in [-0.4, -0.2) is 24.8 Å². The van der Waals surface area contributed by atoms with E-state index in [0.29, 0.717) is 11.3 Å². The Hall–Kier alpha value is -2.07. The summed E-state index contributed by atoms with van der Waals surface area (Å²) in [7, 11) is 1.34. The molecule has 4 heteroatoms. The highest BCUT2D eigenvalue weighted by Gasteiger charge is 2.34. The van der Waals surface area contributed by atoms with E-state index >= 15 is 0 Å². The maximum Gasteiger partial charge on any atom is 0.341 e. The number of hydrogen-bond donors (Lipinski definition) is 1. The van der Waals surface area contributed by atoms with Gasteiger partial charge in [-0.15, -0.1) is 0 Å². The molecule has 0 aromatic heterocycles. The van der Waals surface area contributed by atoms with Crippen LogP contribution in [0, 0.1) is 6.92 Å². The van der Waals surface area contributed by atoms with Gasteiger partial charge >= 0.3 is 5.97 Å². The lowest BCUT2D eigenvalue weighted by Crippen LogP contribution is -2.33. The summed E-state index contributed by atoms with van der Waals surface area (Å²) in [5.41, 5.74) is 1.18. The van der Waals surface area contributed by atoms with Gasteiger partial charge in [0.1, 0.15) is 23.5 Å². The molecule has 1 aliphatic rings. The second-order valence-electron chi connectivity index (χ2n) is 5.35. The molecule has 1 atom stereocenters. The topological polar surface area (TPSA) is 55.8 Å². The Balaban J connectivity index is 2.43. The first-order chi connectivity index (χ1) is 9.45. The van der Waals surface area contributed by atoms with Crippen LogP contribution in [0.3, 0.4) is 0 Å². The van der Waals surface area contributed by atoms with Gasteiger partial charge in [-0.25, -0.2) is 4.79 Å². The average Bonchev–Trinajstić information content (AvgIpc) is 2.43. The zero-order chi connectivity index (χ0) is 14.5. The number of aliphatic hydroxyl groups is 1. The van der Waals surface area contributed by atoms with Crippen LogP contribution in [0.25, 0.3) is 10.8 Å². The van der Waals surface area contributed by atoms with E-state index < -0.39 is 11.6 Å². The number of hydrogen-bond acceptors (Lipinski definition) is 4. The van der Waals surface area contributed by atoms with E-state index in [2.05, 4.69) is 0 Å². The molecule has 2 aromatic rings. The minimum Gasteiger partial charge on any atom is -0.489 e. The minimum absolute atomic E-state index is 0.117. The van der Waals surface area contributed by atoms with E-state index in [1.54, 1.807) is 13.0 Å². The lowest BCUT2D eigenvalue weighted by Gasteiger charge is -2.32. The minimum atomic E-state index is -1.06. The molecule has 1 heterocycles. The van der Waals surface area contributed by atoms with E-state index in [-0.39, 0.29) is 6.61 Å². The van der Waals surface area contributed by atoms with Crippen LogP contribution < -0.4 is 4.74 Å². The fourth-order valence-corrected chi connectivity index (χ4v) is 2.72. The third-order valence-electron chi connectivity index (χ3n) is 3.83. The normalized spacial score (nSPS) is 20.6. The Morgan fingerprint density at radius 2 is 2.10 bits per heavy atom. The van der Waals surface area contributed by atoms with Gasteiger partial charge in [-0.05, 0) is 36.4 Å². The summed E-state index contributed by atoms with van der Waals surface area (Å²) in [6.45, 7) is 3.82. The summed E-state index contributed by atoms with van der Waals surface area (Å²) in [5, 5.41) is 12.2. The van der Waals surface area contributed by atoms with Crippen molar-refractivity contribution in [2.24, 2.45) is 0 Å². The Labute approximate surface area is 116 Å². The van der Waals surface area contributed by atoms with Crippen molar-refractivity contribution in [1.82, 2.24) is 0 Å². The predicted octanol–water partition coefficient (Wildman–Crippen LogP) is 2.53. The number of aryl methyl sites for hydroxylation is 1. The number of carbonyl (C=O) groups is 1. The monoisotopic (exact) mass is 272 g/mol. The van der Waals surface area contributed by atoms with Crippen LogP contribution in [0.2, 0.25) is 0 Å². The molecule has 0 saturated heterocycles. The van der Waals surface area contributed by atoms with Crippen molar-refractivity contribution < 1.29 is 19.4 Å². The molecule has 1 aliphatic heterocycles. The molecule has 0 saturated carbocycles. The molecule has 20 heavy (non-hydrogen) atoms. The van der Waals surface area contributed by atoms with Crippen molar-refractivity contribution in [3.05, 3.63) is 41.0 Å². The molecule has 0 amide bonds. The van der Waals surface area contributed by atoms with Gasteiger partial charge in [0.05, 0.1) is 7.11 Å². The maximum atomic E-state index is 11.9. The summed E-state index contributed by atoms with van der Waals surface area (Å²) in [4.78, 5) is 11.9. The molecule has 104 valence electrons. The highest BCUT2D eigenvalue weighted by Crippen LogP contribution is 2.42. The molecule has 0 spiro atoms. The summed E-state index contributed by atoms with van der Waals surface area (Å²) >= 11 is 0. The van der Waals surface area contributed by atoms with Crippen molar-refractivity contribution >= 4 is 16.7 Å². The quantitative estimate of drug-likeness (QED) is 0.810. The van der Waals surface area contributed by atoms with Crippen LogP contribution >= 0.6 is 0 Å². The number of rotatable bonds is 1. The van der Waals surface area contributed by atoms with Crippen LogP contribution in [0.5, 0.6) is 5.75 Å². The maximum absolute atomic E-state index is 11.9. The van der Waals surface area contributed by atoms with Gasteiger partial charge in [-0.1, -0.05) is 18.2 Å². The zero-order valence-electron chi connectivity index (χ0n) is 11.7. The summed E-state index contributed by atoms with van der Waals surface area (Å²) in [6.07, 6.45) is 0. The summed E-state index contributed by atoms with van der Waals surface area (Å²) in [6, 6.07) is 7.44. The smallest absolute Gasteiger partial charge is 0.341 e. The van der Waals surface area contributed by atoms with Crippen LogP contribution in [-0.2, 0) is 10.3 Å². The summed E-state index contributed by atoms with van der Waals surface area (Å²) < 4.78 is 10.5. The first-order valence-corrected chi connectivity index (χ1v) is 6.46. The lowest BCUT2D eigenvalue weighted by molar-refractivity contribution is 0.00301. The van der Waals surface area contributed by atoms with Gasteiger partial charge in [0.2, 0.25) is 0 Å². The third kappa shape index (κ3) is 1.68. The Bertz CT molecular complexity index is 716. The molecule has 0 radical (unpaired) electrons. The predicted molar refractivity (Wildman–Crippen MR) is 75.1 cm³/mol. The van der Waals surface area contributed by atoms with Crippen molar-refractivity contribution in [2.75, 3.05) is 13.7 Å². The van der Waals surface area contributed by atoms with E-state index in [1.165, 1.54) is 7.11 Å². The average molecular weight is 272 g/mol. The SMILES string of the molecule is COC(=O)c1ccc2c(C)ccc3c2c1OCC3(C)O. The van der Waals surface area contributed by atoms with Gasteiger partial charge in [-0.3, -0.25) is 0 Å². The Kier molecular flexibility index (Phi) is 2.73. The van der Waals surface area contributed by atoms with E-state index in [9.17, 15) is 9.90 Å². The molecule has 4 nitrogen and oxygen atoms in total. The number of benzene rings is 2. The van der Waals surface area contributed by atoms with Gasteiger partial charge in [-0.2, -0.15) is 0 Å². The highest BCUT2D eigenvalue weighted by molar-refractivity contribution is 6.04. The van der Waals surface area contributed by atoms with Crippen LogP contribution in [0.4, 0.5) is 0 Å². The fraction of sp³-hybridized carbons (Fsp3) is 0.312. The van der Waals surface area contributed by atoms with Crippen molar-refractivity contribution in [1.29, 1.82) is 0 Å². The Morgan fingerprint density at radius 1 is 1.35 bits per heavy atom. The Morgan fingerprint density at radius 3 is 2.80 bits per heavy atom. The number of carbonyl (C=O) groups excluding carboxylic acids is 1. The number of ether oxygens (including phenoxy) is 2. The second-order valence-corrected chi connectivity index (χ2v) is 5.35. The fourth-order valence-electron chi connectivity index (χ4n) is 2.72. The molecule has 1 N–H and O–H groups in total. The molecular weight excluding hydrogens is 256 g/mol. The number of methoxy groups -OCH3 is 1. The van der Waals surface area contributed by atoms with Crippen molar-refractivity contribution in [3.63, 3.8) is 0 Å². The zero-order valence-corrected chi connectivity index (χ0v) is 11.7.